The van der Waals surface area contributed by atoms with Crippen molar-refractivity contribution in [1.29, 1.82) is 0 Å². The lowest BCUT2D eigenvalue weighted by Crippen LogP contribution is -2.41. The SMILES string of the molecule is C=CCCC(NC(=O)CC(C)c1cccc(F)c1)C(=O)O. The predicted octanol–water partition coefficient (Wildman–Crippen LogP) is 2.85. The predicted molar refractivity (Wildman–Crippen MR) is 78.4 cm³/mol. The summed E-state index contributed by atoms with van der Waals surface area (Å²) in [6.07, 6.45) is 2.54. The summed E-state index contributed by atoms with van der Waals surface area (Å²) in [5.74, 6) is -1.96. The van der Waals surface area contributed by atoms with Crippen molar-refractivity contribution < 1.29 is 19.1 Å². The Labute approximate surface area is 123 Å². The highest BCUT2D eigenvalue weighted by Crippen LogP contribution is 2.19. The van der Waals surface area contributed by atoms with Crippen LogP contribution in [0.1, 0.15) is 37.7 Å². The molecule has 0 bridgehead atoms. The van der Waals surface area contributed by atoms with Crippen LogP contribution in [0.2, 0.25) is 0 Å². The molecule has 0 saturated heterocycles. The van der Waals surface area contributed by atoms with Crippen molar-refractivity contribution in [3.05, 3.63) is 48.3 Å². The van der Waals surface area contributed by atoms with Gasteiger partial charge in [-0.2, -0.15) is 0 Å². The number of carbonyl (C=O) groups is 2. The number of carboxylic acids is 1. The largest absolute Gasteiger partial charge is 0.480 e. The molecule has 21 heavy (non-hydrogen) atoms. The Morgan fingerprint density at radius 1 is 1.48 bits per heavy atom. The molecule has 114 valence electrons. The van der Waals surface area contributed by atoms with Gasteiger partial charge < -0.3 is 10.4 Å². The normalized spacial score (nSPS) is 13.2. The highest BCUT2D eigenvalue weighted by Gasteiger charge is 2.20. The van der Waals surface area contributed by atoms with E-state index in [1.54, 1.807) is 25.1 Å². The summed E-state index contributed by atoms with van der Waals surface area (Å²) in [6.45, 7) is 5.33. The zero-order valence-corrected chi connectivity index (χ0v) is 12.0. The average Bonchev–Trinajstić information content (AvgIpc) is 2.43. The first-order valence-electron chi connectivity index (χ1n) is 6.82. The first-order valence-corrected chi connectivity index (χ1v) is 6.82. The molecule has 1 amide bonds. The smallest absolute Gasteiger partial charge is 0.326 e. The summed E-state index contributed by atoms with van der Waals surface area (Å²) < 4.78 is 13.1. The Morgan fingerprint density at radius 3 is 2.76 bits per heavy atom. The van der Waals surface area contributed by atoms with Crippen LogP contribution < -0.4 is 5.32 Å². The number of nitrogens with one attached hydrogen (secondary N) is 1. The fraction of sp³-hybridized carbons (Fsp3) is 0.375. The van der Waals surface area contributed by atoms with Crippen LogP contribution >= 0.6 is 0 Å². The maximum Gasteiger partial charge on any atom is 0.326 e. The highest BCUT2D eigenvalue weighted by molar-refractivity contribution is 5.83. The van der Waals surface area contributed by atoms with Gasteiger partial charge in [-0.25, -0.2) is 9.18 Å². The number of halogens is 1. The number of carbonyl (C=O) groups excluding carboxylic acids is 1. The molecule has 0 heterocycles. The molecule has 4 nitrogen and oxygen atoms in total. The van der Waals surface area contributed by atoms with E-state index in [9.17, 15) is 14.0 Å². The van der Waals surface area contributed by atoms with Gasteiger partial charge in [0.2, 0.25) is 5.91 Å². The second-order valence-electron chi connectivity index (χ2n) is 4.98. The number of hydrogen-bond acceptors (Lipinski definition) is 2. The summed E-state index contributed by atoms with van der Waals surface area (Å²) in [6, 6.07) is 5.13. The molecule has 2 unspecified atom stereocenters. The number of amides is 1. The third-order valence-electron chi connectivity index (χ3n) is 3.20. The Balaban J connectivity index is 2.59. The maximum atomic E-state index is 13.1. The second-order valence-corrected chi connectivity index (χ2v) is 4.98. The molecule has 0 aliphatic heterocycles. The topological polar surface area (TPSA) is 66.4 Å². The summed E-state index contributed by atoms with van der Waals surface area (Å²) >= 11 is 0. The summed E-state index contributed by atoms with van der Waals surface area (Å²) in [5, 5.41) is 11.5. The standard InChI is InChI=1S/C16H20FNO3/c1-3-4-8-14(16(20)21)18-15(19)9-11(2)12-6-5-7-13(17)10-12/h3,5-7,10-11,14H,1,4,8-9H2,2H3,(H,18,19)(H,20,21). The van der Waals surface area contributed by atoms with E-state index >= 15 is 0 Å². The van der Waals surface area contributed by atoms with Crippen LogP contribution in [-0.2, 0) is 9.59 Å². The lowest BCUT2D eigenvalue weighted by atomic mass is 9.97. The van der Waals surface area contributed by atoms with E-state index in [0.29, 0.717) is 18.4 Å². The first kappa shape index (κ1) is 16.9. The molecular weight excluding hydrogens is 273 g/mol. The van der Waals surface area contributed by atoms with Gasteiger partial charge >= 0.3 is 5.97 Å². The molecule has 1 rings (SSSR count). The number of hydrogen-bond donors (Lipinski definition) is 2. The van der Waals surface area contributed by atoms with Gasteiger partial charge in [0.1, 0.15) is 11.9 Å². The minimum atomic E-state index is -1.07. The molecule has 0 aliphatic rings. The number of allylic oxidation sites excluding steroid dienone is 1. The summed E-state index contributed by atoms with van der Waals surface area (Å²) in [4.78, 5) is 22.9. The molecule has 0 radical (unpaired) electrons. The zero-order valence-electron chi connectivity index (χ0n) is 12.0. The molecule has 2 N–H and O–H groups in total. The van der Waals surface area contributed by atoms with Crippen LogP contribution in [0.3, 0.4) is 0 Å². The lowest BCUT2D eigenvalue weighted by Gasteiger charge is -2.16. The van der Waals surface area contributed by atoms with Crippen LogP contribution in [0.4, 0.5) is 4.39 Å². The van der Waals surface area contributed by atoms with E-state index in [0.717, 1.165) is 0 Å². The van der Waals surface area contributed by atoms with Crippen LogP contribution in [0.5, 0.6) is 0 Å². The average molecular weight is 293 g/mol. The minimum Gasteiger partial charge on any atom is -0.480 e. The molecular formula is C16H20FNO3. The third kappa shape index (κ3) is 5.77. The van der Waals surface area contributed by atoms with Crippen LogP contribution in [0.25, 0.3) is 0 Å². The van der Waals surface area contributed by atoms with Gasteiger partial charge in [0.15, 0.2) is 0 Å². The Kier molecular flexibility index (Phi) is 6.59. The number of benzene rings is 1. The molecule has 5 heteroatoms. The lowest BCUT2D eigenvalue weighted by molar-refractivity contribution is -0.142. The second kappa shape index (κ2) is 8.19. The molecule has 2 atom stereocenters. The molecule has 0 aromatic heterocycles. The van der Waals surface area contributed by atoms with E-state index in [-0.39, 0.29) is 24.1 Å². The van der Waals surface area contributed by atoms with Gasteiger partial charge in [0.05, 0.1) is 0 Å². The van der Waals surface area contributed by atoms with E-state index in [4.69, 9.17) is 5.11 Å². The van der Waals surface area contributed by atoms with E-state index < -0.39 is 12.0 Å². The maximum absolute atomic E-state index is 13.1. The quantitative estimate of drug-likeness (QED) is 0.724. The van der Waals surface area contributed by atoms with Crippen LogP contribution in [0.15, 0.2) is 36.9 Å². The molecule has 1 aromatic rings. The van der Waals surface area contributed by atoms with Crippen LogP contribution in [-0.4, -0.2) is 23.0 Å². The summed E-state index contributed by atoms with van der Waals surface area (Å²) in [5.41, 5.74) is 0.711. The van der Waals surface area contributed by atoms with E-state index in [2.05, 4.69) is 11.9 Å². The van der Waals surface area contributed by atoms with Crippen molar-refractivity contribution in [3.8, 4) is 0 Å². The van der Waals surface area contributed by atoms with Gasteiger partial charge in [-0.15, -0.1) is 6.58 Å². The van der Waals surface area contributed by atoms with Crippen molar-refractivity contribution in [2.45, 2.75) is 38.1 Å². The highest BCUT2D eigenvalue weighted by atomic mass is 19.1. The monoisotopic (exact) mass is 293 g/mol. The minimum absolute atomic E-state index is 0.112. The number of aliphatic carboxylic acids is 1. The van der Waals surface area contributed by atoms with Gasteiger partial charge in [0, 0.05) is 6.42 Å². The van der Waals surface area contributed by atoms with E-state index in [1.807, 2.05) is 0 Å². The van der Waals surface area contributed by atoms with Crippen molar-refractivity contribution in [2.24, 2.45) is 0 Å². The Morgan fingerprint density at radius 2 is 2.19 bits per heavy atom. The first-order chi connectivity index (χ1) is 9.93. The summed E-state index contributed by atoms with van der Waals surface area (Å²) in [7, 11) is 0. The fourth-order valence-electron chi connectivity index (χ4n) is 2.00. The zero-order chi connectivity index (χ0) is 15.8. The number of carboxylic acid groups (broad SMARTS) is 1. The van der Waals surface area contributed by atoms with Crippen molar-refractivity contribution in [2.75, 3.05) is 0 Å². The van der Waals surface area contributed by atoms with Crippen LogP contribution in [0, 0.1) is 5.82 Å². The van der Waals surface area contributed by atoms with Gasteiger partial charge in [-0.1, -0.05) is 25.1 Å². The van der Waals surface area contributed by atoms with Crippen molar-refractivity contribution >= 4 is 11.9 Å². The molecule has 0 spiro atoms. The van der Waals surface area contributed by atoms with Gasteiger partial charge in [-0.3, -0.25) is 4.79 Å². The van der Waals surface area contributed by atoms with Gasteiger partial charge in [0.25, 0.3) is 0 Å². The molecule has 1 aromatic carbocycles. The fourth-order valence-corrected chi connectivity index (χ4v) is 2.00. The Bertz CT molecular complexity index is 516. The third-order valence-corrected chi connectivity index (χ3v) is 3.20. The molecule has 0 fully saturated rings. The Hall–Kier alpha value is -2.17. The molecule has 0 saturated carbocycles. The van der Waals surface area contributed by atoms with Gasteiger partial charge in [-0.05, 0) is 36.5 Å². The van der Waals surface area contributed by atoms with Crippen molar-refractivity contribution in [1.82, 2.24) is 5.32 Å². The number of rotatable bonds is 8. The van der Waals surface area contributed by atoms with E-state index in [1.165, 1.54) is 12.1 Å². The van der Waals surface area contributed by atoms with Crippen molar-refractivity contribution in [3.63, 3.8) is 0 Å². The molecule has 0 aliphatic carbocycles.